The Hall–Kier alpha value is -1.50. The molecular formula is C8H10N2O2. The van der Waals surface area contributed by atoms with Gasteiger partial charge in [0.25, 0.3) is 5.91 Å². The highest BCUT2D eigenvalue weighted by Gasteiger charge is 2.43. The second-order valence-corrected chi connectivity index (χ2v) is 3.26. The summed E-state index contributed by atoms with van der Waals surface area (Å²) in [6, 6.07) is 1.69. The van der Waals surface area contributed by atoms with Crippen molar-refractivity contribution in [2.24, 2.45) is 0 Å². The van der Waals surface area contributed by atoms with Crippen molar-refractivity contribution in [3.05, 3.63) is 11.3 Å². The van der Waals surface area contributed by atoms with Gasteiger partial charge in [-0.2, -0.15) is 5.26 Å². The molecule has 0 saturated heterocycles. The normalized spacial score (nSPS) is 21.5. The molecule has 0 aromatic heterocycles. The van der Waals surface area contributed by atoms with E-state index in [1.54, 1.807) is 27.0 Å². The maximum atomic E-state index is 11.2. The second kappa shape index (κ2) is 2.24. The van der Waals surface area contributed by atoms with Crippen molar-refractivity contribution in [2.75, 3.05) is 7.05 Å². The number of likely N-dealkylation sites (N-methyl/N-ethyl adjacent to an activating group) is 1. The van der Waals surface area contributed by atoms with Crippen LogP contribution in [0.15, 0.2) is 11.3 Å². The van der Waals surface area contributed by atoms with Gasteiger partial charge in [-0.05, 0) is 13.8 Å². The number of carbonyl (C=O) groups is 1. The Morgan fingerprint density at radius 3 is 2.25 bits per heavy atom. The van der Waals surface area contributed by atoms with E-state index in [-0.39, 0.29) is 11.3 Å². The summed E-state index contributed by atoms with van der Waals surface area (Å²) < 4.78 is 0. The Labute approximate surface area is 70.7 Å². The highest BCUT2D eigenvalue weighted by molar-refractivity contribution is 6.01. The number of aliphatic hydroxyl groups excluding tert-OH is 1. The summed E-state index contributed by atoms with van der Waals surface area (Å²) in [6.45, 7) is 3.37. The van der Waals surface area contributed by atoms with Crippen molar-refractivity contribution in [3.8, 4) is 6.07 Å². The fourth-order valence-electron chi connectivity index (χ4n) is 1.09. The number of aliphatic hydroxyl groups is 1. The standard InChI is InChI=1S/C8H10N2O2/c1-8(2)6(11)5(4-9)7(12)10(8)3/h11H,1-3H3. The van der Waals surface area contributed by atoms with Gasteiger partial charge in [-0.15, -0.1) is 0 Å². The SMILES string of the molecule is CN1C(=O)C(C#N)=C(O)C1(C)C. The molecule has 0 radical (unpaired) electrons. The maximum absolute atomic E-state index is 11.2. The molecule has 0 atom stereocenters. The van der Waals surface area contributed by atoms with Crippen LogP contribution in [0.5, 0.6) is 0 Å². The van der Waals surface area contributed by atoms with Crippen LogP contribution in [0.25, 0.3) is 0 Å². The molecule has 1 heterocycles. The molecule has 12 heavy (non-hydrogen) atoms. The van der Waals surface area contributed by atoms with Crippen LogP contribution in [0.2, 0.25) is 0 Å². The van der Waals surface area contributed by atoms with Gasteiger partial charge < -0.3 is 10.0 Å². The van der Waals surface area contributed by atoms with Gasteiger partial charge in [0, 0.05) is 7.05 Å². The van der Waals surface area contributed by atoms with E-state index < -0.39 is 11.4 Å². The lowest BCUT2D eigenvalue weighted by atomic mass is 10.0. The smallest absolute Gasteiger partial charge is 0.268 e. The Morgan fingerprint density at radius 1 is 1.58 bits per heavy atom. The lowest BCUT2D eigenvalue weighted by Gasteiger charge is -2.27. The third-order valence-electron chi connectivity index (χ3n) is 2.29. The molecule has 1 aliphatic rings. The molecule has 1 rings (SSSR count). The Morgan fingerprint density at radius 2 is 2.08 bits per heavy atom. The maximum Gasteiger partial charge on any atom is 0.268 e. The minimum absolute atomic E-state index is 0.141. The molecule has 0 saturated carbocycles. The van der Waals surface area contributed by atoms with Crippen LogP contribution in [-0.4, -0.2) is 28.5 Å². The van der Waals surface area contributed by atoms with E-state index in [0.29, 0.717) is 0 Å². The molecule has 0 spiro atoms. The monoisotopic (exact) mass is 166 g/mol. The van der Waals surface area contributed by atoms with Crippen molar-refractivity contribution in [2.45, 2.75) is 19.4 Å². The van der Waals surface area contributed by atoms with Crippen LogP contribution in [0.1, 0.15) is 13.8 Å². The summed E-state index contributed by atoms with van der Waals surface area (Å²) in [5.41, 5.74) is -0.898. The molecule has 1 N–H and O–H groups in total. The largest absolute Gasteiger partial charge is 0.508 e. The van der Waals surface area contributed by atoms with Crippen molar-refractivity contribution in [3.63, 3.8) is 0 Å². The van der Waals surface area contributed by atoms with Gasteiger partial charge in [0.1, 0.15) is 11.8 Å². The van der Waals surface area contributed by atoms with Crippen LogP contribution in [0.4, 0.5) is 0 Å². The highest BCUT2D eigenvalue weighted by Crippen LogP contribution is 2.31. The Balaban J connectivity index is 3.27. The van der Waals surface area contributed by atoms with Gasteiger partial charge in [-0.25, -0.2) is 0 Å². The fourth-order valence-corrected chi connectivity index (χ4v) is 1.09. The second-order valence-electron chi connectivity index (χ2n) is 3.26. The predicted molar refractivity (Wildman–Crippen MR) is 42.1 cm³/mol. The Bertz CT molecular complexity index is 310. The van der Waals surface area contributed by atoms with Crippen LogP contribution >= 0.6 is 0 Å². The minimum atomic E-state index is -0.748. The molecule has 0 fully saturated rings. The summed E-state index contributed by atoms with van der Waals surface area (Å²) in [5.74, 6) is -0.558. The van der Waals surface area contributed by atoms with Crippen LogP contribution in [0.3, 0.4) is 0 Å². The van der Waals surface area contributed by atoms with E-state index >= 15 is 0 Å². The van der Waals surface area contributed by atoms with E-state index in [9.17, 15) is 9.90 Å². The first-order valence-electron chi connectivity index (χ1n) is 3.55. The third kappa shape index (κ3) is 0.797. The van der Waals surface area contributed by atoms with Gasteiger partial charge in [0.15, 0.2) is 5.57 Å². The first-order valence-corrected chi connectivity index (χ1v) is 3.55. The summed E-state index contributed by atoms with van der Waals surface area (Å²) in [5, 5.41) is 18.0. The van der Waals surface area contributed by atoms with Gasteiger partial charge in [0.2, 0.25) is 0 Å². The molecule has 4 heteroatoms. The Kier molecular flexibility index (Phi) is 1.61. The zero-order valence-electron chi connectivity index (χ0n) is 7.25. The average molecular weight is 166 g/mol. The summed E-state index contributed by atoms with van der Waals surface area (Å²) in [7, 11) is 1.56. The molecular weight excluding hydrogens is 156 g/mol. The zero-order valence-corrected chi connectivity index (χ0v) is 7.25. The molecule has 0 unspecified atom stereocenters. The topological polar surface area (TPSA) is 64.3 Å². The van der Waals surface area contributed by atoms with Gasteiger partial charge in [0.05, 0.1) is 5.54 Å². The molecule has 1 amide bonds. The van der Waals surface area contributed by atoms with Crippen molar-refractivity contribution in [1.82, 2.24) is 4.90 Å². The lowest BCUT2D eigenvalue weighted by molar-refractivity contribution is -0.127. The number of hydrogen-bond acceptors (Lipinski definition) is 3. The fraction of sp³-hybridized carbons (Fsp3) is 0.500. The summed E-state index contributed by atoms with van der Waals surface area (Å²) in [4.78, 5) is 12.6. The molecule has 64 valence electrons. The number of amides is 1. The van der Waals surface area contributed by atoms with Crippen LogP contribution in [0, 0.1) is 11.3 Å². The first kappa shape index (κ1) is 8.60. The number of rotatable bonds is 0. The molecule has 4 nitrogen and oxygen atoms in total. The molecule has 1 aliphatic heterocycles. The van der Waals surface area contributed by atoms with E-state index in [1.807, 2.05) is 0 Å². The van der Waals surface area contributed by atoms with E-state index in [1.165, 1.54) is 4.90 Å². The van der Waals surface area contributed by atoms with Crippen molar-refractivity contribution >= 4 is 5.91 Å². The molecule has 0 aromatic carbocycles. The quantitative estimate of drug-likeness (QED) is 0.572. The number of nitrogens with zero attached hydrogens (tertiary/aromatic N) is 2. The van der Waals surface area contributed by atoms with Gasteiger partial charge >= 0.3 is 0 Å². The van der Waals surface area contributed by atoms with Gasteiger partial charge in [-0.3, -0.25) is 4.79 Å². The van der Waals surface area contributed by atoms with Gasteiger partial charge in [-0.1, -0.05) is 0 Å². The number of nitriles is 1. The van der Waals surface area contributed by atoms with Crippen molar-refractivity contribution < 1.29 is 9.90 Å². The molecule has 0 aliphatic carbocycles. The third-order valence-corrected chi connectivity index (χ3v) is 2.29. The van der Waals surface area contributed by atoms with Crippen molar-refractivity contribution in [1.29, 1.82) is 5.26 Å². The van der Waals surface area contributed by atoms with Crippen LogP contribution in [-0.2, 0) is 4.79 Å². The zero-order chi connectivity index (χ0) is 9.52. The van der Waals surface area contributed by atoms with Crippen LogP contribution < -0.4 is 0 Å². The van der Waals surface area contributed by atoms with E-state index in [4.69, 9.17) is 5.26 Å². The molecule has 0 aromatic rings. The molecule has 0 bridgehead atoms. The van der Waals surface area contributed by atoms with E-state index in [0.717, 1.165) is 0 Å². The lowest BCUT2D eigenvalue weighted by Crippen LogP contribution is -2.40. The number of hydrogen-bond donors (Lipinski definition) is 1. The highest BCUT2D eigenvalue weighted by atomic mass is 16.3. The summed E-state index contributed by atoms with van der Waals surface area (Å²) in [6.07, 6.45) is 0. The first-order chi connectivity index (χ1) is 5.42. The average Bonchev–Trinajstić information content (AvgIpc) is 2.15. The number of carbonyl (C=O) groups excluding carboxylic acids is 1. The summed E-state index contributed by atoms with van der Waals surface area (Å²) >= 11 is 0. The minimum Gasteiger partial charge on any atom is -0.508 e. The predicted octanol–water partition coefficient (Wildman–Crippen LogP) is 0.573. The van der Waals surface area contributed by atoms with E-state index in [2.05, 4.69) is 0 Å².